The molecule has 0 amide bonds. The largest absolute Gasteiger partial charge is 0.491 e. The van der Waals surface area contributed by atoms with Crippen LogP contribution < -0.4 is 10.1 Å². The third-order valence-corrected chi connectivity index (χ3v) is 4.41. The number of rotatable bonds is 5. The first kappa shape index (κ1) is 15.1. The summed E-state index contributed by atoms with van der Waals surface area (Å²) in [5, 5.41) is 4.23. The van der Waals surface area contributed by atoms with Crippen LogP contribution in [-0.4, -0.2) is 19.2 Å². The maximum atomic E-state index is 6.10. The molecule has 1 saturated carbocycles. The van der Waals surface area contributed by atoms with Gasteiger partial charge in [0.1, 0.15) is 12.4 Å². The predicted octanol–water partition coefficient (Wildman–Crippen LogP) is 4.65. The molecular weight excluding hydrogens is 326 g/mol. The normalized spacial score (nSPS) is 23.3. The fourth-order valence-electron chi connectivity index (χ4n) is 2.64. The molecule has 1 aromatic carbocycles. The van der Waals surface area contributed by atoms with E-state index in [4.69, 9.17) is 16.3 Å². The summed E-state index contributed by atoms with van der Waals surface area (Å²) in [6.45, 7) is 3.88. The fourth-order valence-corrected chi connectivity index (χ4v) is 3.36. The Morgan fingerprint density at radius 2 is 2.26 bits per heavy atom. The average Bonchev–Trinajstić information content (AvgIpc) is 2.37. The van der Waals surface area contributed by atoms with Crippen LogP contribution >= 0.6 is 27.5 Å². The number of hydrogen-bond acceptors (Lipinski definition) is 2. The number of hydrogen-bond donors (Lipinski definition) is 1. The Morgan fingerprint density at radius 1 is 1.42 bits per heavy atom. The van der Waals surface area contributed by atoms with Gasteiger partial charge in [-0.1, -0.05) is 47.3 Å². The summed E-state index contributed by atoms with van der Waals surface area (Å²) in [5.41, 5.74) is 0. The minimum atomic E-state index is 0.653. The summed E-state index contributed by atoms with van der Waals surface area (Å²) in [5.74, 6) is 1.61. The van der Waals surface area contributed by atoms with Gasteiger partial charge >= 0.3 is 0 Å². The minimum absolute atomic E-state index is 0.653. The molecule has 1 aliphatic rings. The van der Waals surface area contributed by atoms with Crippen LogP contribution in [-0.2, 0) is 0 Å². The Bertz CT molecular complexity index is 413. The molecule has 0 spiro atoms. The van der Waals surface area contributed by atoms with E-state index in [1.165, 1.54) is 25.7 Å². The smallest absolute Gasteiger partial charge is 0.138 e. The van der Waals surface area contributed by atoms with E-state index in [1.807, 2.05) is 18.2 Å². The van der Waals surface area contributed by atoms with Crippen LogP contribution in [0.2, 0.25) is 5.02 Å². The zero-order chi connectivity index (χ0) is 13.7. The van der Waals surface area contributed by atoms with E-state index in [2.05, 4.69) is 28.2 Å². The van der Waals surface area contributed by atoms with Gasteiger partial charge in [0.2, 0.25) is 0 Å². The monoisotopic (exact) mass is 345 g/mol. The summed E-state index contributed by atoms with van der Waals surface area (Å²) >= 11 is 9.48. The van der Waals surface area contributed by atoms with Crippen LogP contribution in [0.25, 0.3) is 0 Å². The molecule has 4 heteroatoms. The molecule has 2 rings (SSSR count). The van der Waals surface area contributed by atoms with Gasteiger partial charge < -0.3 is 10.1 Å². The van der Waals surface area contributed by atoms with Gasteiger partial charge in [0.05, 0.1) is 5.02 Å². The molecule has 0 heterocycles. The van der Waals surface area contributed by atoms with Gasteiger partial charge in [-0.2, -0.15) is 0 Å². The topological polar surface area (TPSA) is 21.3 Å². The van der Waals surface area contributed by atoms with Crippen LogP contribution in [0.15, 0.2) is 22.7 Å². The van der Waals surface area contributed by atoms with E-state index in [9.17, 15) is 0 Å². The standard InChI is InChI=1S/C15H21BrClNO/c1-11-3-2-4-13(9-11)18-7-8-19-15-6-5-12(16)10-14(15)17/h5-6,10-11,13,18H,2-4,7-9H2,1H3. The lowest BCUT2D eigenvalue weighted by Crippen LogP contribution is -2.36. The quantitative estimate of drug-likeness (QED) is 0.784. The zero-order valence-corrected chi connectivity index (χ0v) is 13.6. The molecule has 1 aliphatic carbocycles. The Kier molecular flexibility index (Phi) is 5.99. The van der Waals surface area contributed by atoms with Crippen molar-refractivity contribution in [2.24, 2.45) is 5.92 Å². The average molecular weight is 347 g/mol. The Hall–Kier alpha value is -0.250. The molecule has 19 heavy (non-hydrogen) atoms. The molecule has 2 atom stereocenters. The molecule has 1 aromatic rings. The first-order chi connectivity index (χ1) is 9.15. The van der Waals surface area contributed by atoms with Crippen LogP contribution in [0.1, 0.15) is 32.6 Å². The van der Waals surface area contributed by atoms with Gasteiger partial charge in [0, 0.05) is 17.1 Å². The van der Waals surface area contributed by atoms with Crippen LogP contribution in [0.5, 0.6) is 5.75 Å². The number of nitrogens with one attached hydrogen (secondary N) is 1. The Balaban J connectivity index is 1.69. The third kappa shape index (κ3) is 4.97. The van der Waals surface area contributed by atoms with Crippen LogP contribution in [0.3, 0.4) is 0 Å². The highest BCUT2D eigenvalue weighted by Gasteiger charge is 2.17. The second-order valence-electron chi connectivity index (χ2n) is 5.35. The molecule has 0 aromatic heterocycles. The Labute approximate surface area is 129 Å². The molecule has 106 valence electrons. The molecule has 0 aliphatic heterocycles. The molecular formula is C15H21BrClNO. The van der Waals surface area contributed by atoms with E-state index in [1.54, 1.807) is 0 Å². The Morgan fingerprint density at radius 3 is 3.00 bits per heavy atom. The van der Waals surface area contributed by atoms with Gasteiger partial charge in [0.25, 0.3) is 0 Å². The fraction of sp³-hybridized carbons (Fsp3) is 0.600. The van der Waals surface area contributed by atoms with Crippen molar-refractivity contribution in [2.75, 3.05) is 13.2 Å². The summed E-state index contributed by atoms with van der Waals surface area (Å²) in [4.78, 5) is 0. The first-order valence-electron chi connectivity index (χ1n) is 6.96. The van der Waals surface area contributed by atoms with E-state index in [-0.39, 0.29) is 0 Å². The van der Waals surface area contributed by atoms with Crippen molar-refractivity contribution < 1.29 is 4.74 Å². The van der Waals surface area contributed by atoms with Crippen molar-refractivity contribution in [2.45, 2.75) is 38.6 Å². The highest BCUT2D eigenvalue weighted by atomic mass is 79.9. The van der Waals surface area contributed by atoms with E-state index in [0.717, 1.165) is 22.7 Å². The lowest BCUT2D eigenvalue weighted by Gasteiger charge is -2.27. The molecule has 2 nitrogen and oxygen atoms in total. The van der Waals surface area contributed by atoms with Crippen molar-refractivity contribution in [3.63, 3.8) is 0 Å². The second kappa shape index (κ2) is 7.51. The molecule has 0 radical (unpaired) electrons. The van der Waals surface area contributed by atoms with Gasteiger partial charge in [-0.25, -0.2) is 0 Å². The number of benzene rings is 1. The van der Waals surface area contributed by atoms with Crippen molar-refractivity contribution in [1.82, 2.24) is 5.32 Å². The molecule has 0 saturated heterocycles. The molecule has 1 fully saturated rings. The van der Waals surface area contributed by atoms with E-state index in [0.29, 0.717) is 17.7 Å². The van der Waals surface area contributed by atoms with Crippen molar-refractivity contribution in [1.29, 1.82) is 0 Å². The van der Waals surface area contributed by atoms with Gasteiger partial charge in [-0.05, 0) is 37.0 Å². The number of halogens is 2. The van der Waals surface area contributed by atoms with Gasteiger partial charge in [-0.15, -0.1) is 0 Å². The lowest BCUT2D eigenvalue weighted by molar-refractivity contribution is 0.266. The predicted molar refractivity (Wildman–Crippen MR) is 84.1 cm³/mol. The molecule has 0 bridgehead atoms. The SMILES string of the molecule is CC1CCCC(NCCOc2ccc(Br)cc2Cl)C1. The highest BCUT2D eigenvalue weighted by molar-refractivity contribution is 9.10. The maximum absolute atomic E-state index is 6.10. The maximum Gasteiger partial charge on any atom is 0.138 e. The molecule has 2 unspecified atom stereocenters. The number of ether oxygens (including phenoxy) is 1. The first-order valence-corrected chi connectivity index (χ1v) is 8.13. The minimum Gasteiger partial charge on any atom is -0.491 e. The van der Waals surface area contributed by atoms with Crippen molar-refractivity contribution in [3.05, 3.63) is 27.7 Å². The summed E-state index contributed by atoms with van der Waals surface area (Å²) in [6.07, 6.45) is 5.31. The molecule has 1 N–H and O–H groups in total. The van der Waals surface area contributed by atoms with Gasteiger partial charge in [0.15, 0.2) is 0 Å². The zero-order valence-electron chi connectivity index (χ0n) is 11.3. The third-order valence-electron chi connectivity index (χ3n) is 3.62. The summed E-state index contributed by atoms with van der Waals surface area (Å²) < 4.78 is 6.67. The lowest BCUT2D eigenvalue weighted by atomic mass is 9.87. The van der Waals surface area contributed by atoms with Crippen molar-refractivity contribution in [3.8, 4) is 5.75 Å². The summed E-state index contributed by atoms with van der Waals surface area (Å²) in [7, 11) is 0. The van der Waals surface area contributed by atoms with E-state index < -0.39 is 0 Å². The second-order valence-corrected chi connectivity index (χ2v) is 6.67. The van der Waals surface area contributed by atoms with E-state index >= 15 is 0 Å². The van der Waals surface area contributed by atoms with Crippen LogP contribution in [0, 0.1) is 5.92 Å². The van der Waals surface area contributed by atoms with Crippen LogP contribution in [0.4, 0.5) is 0 Å². The van der Waals surface area contributed by atoms with Gasteiger partial charge in [-0.3, -0.25) is 0 Å². The van der Waals surface area contributed by atoms with Crippen molar-refractivity contribution >= 4 is 27.5 Å². The summed E-state index contributed by atoms with van der Waals surface area (Å²) in [6, 6.07) is 6.35. The highest BCUT2D eigenvalue weighted by Crippen LogP contribution is 2.27.